The number of aliphatic imine (C=N–C) groups is 1. The molecule has 30 heavy (non-hydrogen) atoms. The van der Waals surface area contributed by atoms with Gasteiger partial charge in [0.2, 0.25) is 0 Å². The number of nitrogens with one attached hydrogen (secondary N) is 2. The van der Waals surface area contributed by atoms with Crippen LogP contribution in [0.25, 0.3) is 0 Å². The van der Waals surface area contributed by atoms with Crippen molar-refractivity contribution in [2.75, 3.05) is 73.0 Å². The third kappa shape index (κ3) is 8.10. The monoisotopic (exact) mass is 534 g/mol. The summed E-state index contributed by atoms with van der Waals surface area (Å²) in [6, 6.07) is 0. The number of nitrogens with zero attached hydrogens (tertiary/aromatic N) is 4. The summed E-state index contributed by atoms with van der Waals surface area (Å²) < 4.78 is 0. The normalized spacial score (nSPS) is 24.7. The minimum atomic E-state index is 0. The van der Waals surface area contributed by atoms with E-state index in [-0.39, 0.29) is 24.0 Å². The van der Waals surface area contributed by atoms with E-state index in [1.54, 1.807) is 0 Å². The Balaban J connectivity index is 0.00000320. The van der Waals surface area contributed by atoms with Crippen LogP contribution in [0.1, 0.15) is 64.2 Å². The first-order chi connectivity index (χ1) is 14.2. The maximum atomic E-state index is 4.51. The highest BCUT2D eigenvalue weighted by atomic mass is 127. The van der Waals surface area contributed by atoms with Crippen molar-refractivity contribution in [1.29, 1.82) is 0 Å². The fourth-order valence-electron chi connectivity index (χ4n) is 5.35. The molecule has 3 heterocycles. The summed E-state index contributed by atoms with van der Waals surface area (Å²) in [5, 5.41) is 7.28. The van der Waals surface area contributed by atoms with Crippen molar-refractivity contribution in [2.45, 2.75) is 69.7 Å². The van der Waals surface area contributed by atoms with Crippen molar-refractivity contribution in [3.05, 3.63) is 0 Å². The number of guanidine groups is 1. The third-order valence-corrected chi connectivity index (χ3v) is 7.40. The molecule has 0 amide bonds. The Morgan fingerprint density at radius 3 is 2.07 bits per heavy atom. The van der Waals surface area contributed by atoms with Gasteiger partial charge in [-0.15, -0.1) is 24.0 Å². The van der Waals surface area contributed by atoms with Gasteiger partial charge in [0.05, 0.1) is 0 Å². The van der Waals surface area contributed by atoms with Crippen LogP contribution in [-0.2, 0) is 0 Å². The van der Waals surface area contributed by atoms with E-state index < -0.39 is 0 Å². The van der Waals surface area contributed by atoms with E-state index in [0.29, 0.717) is 5.54 Å². The summed E-state index contributed by atoms with van der Waals surface area (Å²) in [5.41, 5.74) is 0.302. The molecular weight excluding hydrogens is 487 g/mol. The molecule has 0 spiro atoms. The van der Waals surface area contributed by atoms with Crippen LogP contribution < -0.4 is 10.6 Å². The lowest BCUT2D eigenvalue weighted by molar-refractivity contribution is 0.0173. The van der Waals surface area contributed by atoms with Gasteiger partial charge in [0.15, 0.2) is 5.96 Å². The second-order valence-electron chi connectivity index (χ2n) is 9.54. The molecule has 2 N–H and O–H groups in total. The maximum absolute atomic E-state index is 4.51. The maximum Gasteiger partial charge on any atom is 0.191 e. The molecule has 0 saturated carbocycles. The first-order valence-corrected chi connectivity index (χ1v) is 12.3. The van der Waals surface area contributed by atoms with Crippen LogP contribution >= 0.6 is 24.0 Å². The zero-order chi connectivity index (χ0) is 20.4. The molecular formula is C23H47IN6. The standard InChI is InChI=1S/C23H46N6.HI/c1-24-22(25-13-10-16-28-14-6-3-4-7-15-28)26-21-23(11-19-27(2)20-12-23)29-17-8-5-9-18-29;/h3-21H2,1-2H3,(H2,24,25,26);1H. The number of rotatable bonds is 7. The van der Waals surface area contributed by atoms with Gasteiger partial charge in [-0.05, 0) is 97.8 Å². The summed E-state index contributed by atoms with van der Waals surface area (Å²) in [6.07, 6.45) is 13.4. The number of hydrogen-bond donors (Lipinski definition) is 2. The van der Waals surface area contributed by atoms with Crippen molar-refractivity contribution in [3.63, 3.8) is 0 Å². The fourth-order valence-corrected chi connectivity index (χ4v) is 5.35. The average molecular weight is 535 g/mol. The molecule has 3 saturated heterocycles. The molecule has 0 aromatic rings. The average Bonchev–Trinajstić information content (AvgIpc) is 3.04. The first-order valence-electron chi connectivity index (χ1n) is 12.3. The minimum absolute atomic E-state index is 0. The Hall–Kier alpha value is -0.120. The van der Waals surface area contributed by atoms with Gasteiger partial charge in [0, 0.05) is 25.7 Å². The van der Waals surface area contributed by atoms with Crippen molar-refractivity contribution < 1.29 is 0 Å². The molecule has 0 aliphatic carbocycles. The first kappa shape index (κ1) is 26.1. The van der Waals surface area contributed by atoms with E-state index in [1.165, 1.54) is 110 Å². The highest BCUT2D eigenvalue weighted by Gasteiger charge is 2.39. The van der Waals surface area contributed by atoms with Crippen LogP contribution in [0.15, 0.2) is 4.99 Å². The zero-order valence-electron chi connectivity index (χ0n) is 19.6. The van der Waals surface area contributed by atoms with Gasteiger partial charge in [-0.2, -0.15) is 0 Å². The van der Waals surface area contributed by atoms with E-state index in [2.05, 4.69) is 37.4 Å². The molecule has 3 fully saturated rings. The highest BCUT2D eigenvalue weighted by molar-refractivity contribution is 14.0. The molecule has 0 aromatic carbocycles. The molecule has 0 radical (unpaired) electrons. The van der Waals surface area contributed by atoms with Gasteiger partial charge >= 0.3 is 0 Å². The van der Waals surface area contributed by atoms with E-state index in [0.717, 1.165) is 19.0 Å². The van der Waals surface area contributed by atoms with Crippen LogP contribution in [0.5, 0.6) is 0 Å². The summed E-state index contributed by atoms with van der Waals surface area (Å²) >= 11 is 0. The zero-order valence-corrected chi connectivity index (χ0v) is 22.0. The van der Waals surface area contributed by atoms with Crippen molar-refractivity contribution in [3.8, 4) is 0 Å². The Kier molecular flexibility index (Phi) is 12.3. The van der Waals surface area contributed by atoms with Gasteiger partial charge in [-0.3, -0.25) is 9.89 Å². The van der Waals surface area contributed by atoms with Gasteiger partial charge in [-0.1, -0.05) is 19.3 Å². The molecule has 0 unspecified atom stereocenters. The summed E-state index contributed by atoms with van der Waals surface area (Å²) in [5.74, 6) is 0.983. The second-order valence-corrected chi connectivity index (χ2v) is 9.54. The highest BCUT2D eigenvalue weighted by Crippen LogP contribution is 2.30. The second kappa shape index (κ2) is 14.1. The predicted octanol–water partition coefficient (Wildman–Crippen LogP) is 2.99. The molecule has 3 rings (SSSR count). The Bertz CT molecular complexity index is 478. The van der Waals surface area contributed by atoms with Crippen LogP contribution in [0.3, 0.4) is 0 Å². The Morgan fingerprint density at radius 2 is 1.43 bits per heavy atom. The minimum Gasteiger partial charge on any atom is -0.356 e. The smallest absolute Gasteiger partial charge is 0.191 e. The molecule has 3 aliphatic rings. The molecule has 0 aromatic heterocycles. The van der Waals surface area contributed by atoms with Crippen LogP contribution in [0, 0.1) is 0 Å². The van der Waals surface area contributed by atoms with Crippen molar-refractivity contribution >= 4 is 29.9 Å². The van der Waals surface area contributed by atoms with Crippen molar-refractivity contribution in [1.82, 2.24) is 25.3 Å². The van der Waals surface area contributed by atoms with Gasteiger partial charge < -0.3 is 20.4 Å². The SMILES string of the molecule is CN=C(NCCCN1CCCCCC1)NCC1(N2CCCCC2)CCN(C)CC1.I. The number of halogens is 1. The number of piperidine rings is 2. The molecule has 176 valence electrons. The van der Waals surface area contributed by atoms with Gasteiger partial charge in [0.25, 0.3) is 0 Å². The lowest BCUT2D eigenvalue weighted by Gasteiger charge is -2.50. The molecule has 0 atom stereocenters. The quantitative estimate of drug-likeness (QED) is 0.228. The summed E-state index contributed by atoms with van der Waals surface area (Å²) in [7, 11) is 4.17. The largest absolute Gasteiger partial charge is 0.356 e. The molecule has 0 bridgehead atoms. The molecule has 7 heteroatoms. The predicted molar refractivity (Wildman–Crippen MR) is 139 cm³/mol. The van der Waals surface area contributed by atoms with Crippen LogP contribution in [0.2, 0.25) is 0 Å². The van der Waals surface area contributed by atoms with Gasteiger partial charge in [-0.25, -0.2) is 0 Å². The van der Waals surface area contributed by atoms with Gasteiger partial charge in [0.1, 0.15) is 0 Å². The van der Waals surface area contributed by atoms with Crippen LogP contribution in [-0.4, -0.2) is 99.2 Å². The molecule has 3 aliphatic heterocycles. The topological polar surface area (TPSA) is 46.1 Å². The van der Waals surface area contributed by atoms with E-state index in [4.69, 9.17) is 0 Å². The Morgan fingerprint density at radius 1 is 0.833 bits per heavy atom. The van der Waals surface area contributed by atoms with Crippen molar-refractivity contribution in [2.24, 2.45) is 4.99 Å². The van der Waals surface area contributed by atoms with E-state index in [9.17, 15) is 0 Å². The van der Waals surface area contributed by atoms with E-state index >= 15 is 0 Å². The number of likely N-dealkylation sites (tertiary alicyclic amines) is 3. The lowest BCUT2D eigenvalue weighted by Crippen LogP contribution is -2.62. The lowest BCUT2D eigenvalue weighted by atomic mass is 9.84. The summed E-state index contributed by atoms with van der Waals surface area (Å²) in [4.78, 5) is 12.4. The fraction of sp³-hybridized carbons (Fsp3) is 0.957. The molecule has 6 nitrogen and oxygen atoms in total. The summed E-state index contributed by atoms with van der Waals surface area (Å²) in [6.45, 7) is 10.8. The van der Waals surface area contributed by atoms with Crippen LogP contribution in [0.4, 0.5) is 0 Å². The Labute approximate surface area is 202 Å². The van der Waals surface area contributed by atoms with E-state index in [1.807, 2.05) is 7.05 Å². The third-order valence-electron chi connectivity index (χ3n) is 7.40. The number of hydrogen-bond acceptors (Lipinski definition) is 4.